The normalized spacial score (nSPS) is 17.2. The van der Waals surface area contributed by atoms with Crippen molar-refractivity contribution >= 4 is 19.7 Å². The Morgan fingerprint density at radius 3 is 2.56 bits per heavy atom. The second-order valence-corrected chi connectivity index (χ2v) is 10.4. The summed E-state index contributed by atoms with van der Waals surface area (Å²) in [5.74, 6) is 3.26. The van der Waals surface area contributed by atoms with E-state index in [4.69, 9.17) is 11.6 Å². The minimum absolute atomic E-state index is 0.809. The zero-order chi connectivity index (χ0) is 12.2. The average molecular weight is 251 g/mol. The molecule has 0 aromatic heterocycles. The van der Waals surface area contributed by atoms with Crippen LogP contribution in [0.15, 0.2) is 34.4 Å². The van der Waals surface area contributed by atoms with Crippen molar-refractivity contribution in [2.45, 2.75) is 39.4 Å². The summed E-state index contributed by atoms with van der Waals surface area (Å²) in [4.78, 5) is 0. The molecule has 0 bridgehead atoms. The first-order chi connectivity index (χ1) is 7.37. The number of hydrogen-bond acceptors (Lipinski definition) is 0. The molecule has 0 saturated heterocycles. The van der Waals surface area contributed by atoms with Gasteiger partial charge in [-0.25, -0.2) is 0 Å². The maximum absolute atomic E-state index is 6.09. The van der Waals surface area contributed by atoms with Gasteiger partial charge in [0.2, 0.25) is 0 Å². The first-order valence-corrected chi connectivity index (χ1v) is 9.52. The van der Waals surface area contributed by atoms with Crippen molar-refractivity contribution in [2.75, 3.05) is 0 Å². The van der Waals surface area contributed by atoms with Crippen molar-refractivity contribution < 1.29 is 0 Å². The van der Waals surface area contributed by atoms with Crippen LogP contribution in [0.5, 0.6) is 0 Å². The predicted molar refractivity (Wildman–Crippen MR) is 76.1 cm³/mol. The van der Waals surface area contributed by atoms with E-state index in [1.165, 1.54) is 5.57 Å². The highest BCUT2D eigenvalue weighted by Gasteiger charge is 2.07. The second-order valence-electron chi connectivity index (χ2n) is 5.22. The Morgan fingerprint density at radius 2 is 1.94 bits per heavy atom. The summed E-state index contributed by atoms with van der Waals surface area (Å²) < 4.78 is 0. The summed E-state index contributed by atoms with van der Waals surface area (Å²) in [6, 6.07) is 0. The van der Waals surface area contributed by atoms with Crippen molar-refractivity contribution in [3.8, 4) is 11.5 Å². The lowest BCUT2D eigenvalue weighted by Crippen LogP contribution is -2.16. The highest BCUT2D eigenvalue weighted by Crippen LogP contribution is 2.18. The van der Waals surface area contributed by atoms with Gasteiger partial charge in [0, 0.05) is 10.6 Å². The van der Waals surface area contributed by atoms with Gasteiger partial charge in [-0.1, -0.05) is 48.8 Å². The van der Waals surface area contributed by atoms with Gasteiger partial charge in [0.05, 0.1) is 0 Å². The van der Waals surface area contributed by atoms with E-state index < -0.39 is 8.07 Å². The number of hydrogen-bond donors (Lipinski definition) is 0. The lowest BCUT2D eigenvalue weighted by Gasteiger charge is -2.06. The van der Waals surface area contributed by atoms with Crippen molar-refractivity contribution in [2.24, 2.45) is 0 Å². The summed E-state index contributed by atoms with van der Waals surface area (Å²) in [6.45, 7) is 8.89. The van der Waals surface area contributed by atoms with Crippen LogP contribution in [0.4, 0.5) is 0 Å². The molecule has 0 amide bonds. The van der Waals surface area contributed by atoms with E-state index in [1.54, 1.807) is 0 Å². The Labute approximate surface area is 105 Å². The minimum Gasteiger partial charge on any atom is -0.127 e. The van der Waals surface area contributed by atoms with E-state index in [9.17, 15) is 0 Å². The fourth-order valence-corrected chi connectivity index (χ4v) is 2.10. The second kappa shape index (κ2) is 5.57. The summed E-state index contributed by atoms with van der Waals surface area (Å²) in [5.41, 5.74) is 5.79. The van der Waals surface area contributed by atoms with Crippen LogP contribution in [0.3, 0.4) is 0 Å². The van der Waals surface area contributed by atoms with Crippen molar-refractivity contribution in [1.82, 2.24) is 0 Å². The van der Waals surface area contributed by atoms with Crippen LogP contribution in [-0.4, -0.2) is 8.07 Å². The molecule has 0 aromatic rings. The van der Waals surface area contributed by atoms with E-state index in [2.05, 4.69) is 50.2 Å². The lowest BCUT2D eigenvalue weighted by molar-refractivity contribution is 0.972. The SMILES string of the molecule is CC1=CC(C#C[Si](C)(C)C)=CC(Cl)=CCC1. The molecule has 1 rings (SSSR count). The molecule has 1 aliphatic rings. The third-order valence-corrected chi connectivity index (χ3v) is 3.29. The number of halogens is 1. The highest BCUT2D eigenvalue weighted by atomic mass is 35.5. The van der Waals surface area contributed by atoms with Crippen LogP contribution >= 0.6 is 11.6 Å². The molecule has 2 heteroatoms. The topological polar surface area (TPSA) is 0 Å². The van der Waals surface area contributed by atoms with Gasteiger partial charge in [0.1, 0.15) is 8.07 Å². The van der Waals surface area contributed by atoms with Crippen LogP contribution in [0, 0.1) is 11.5 Å². The monoisotopic (exact) mass is 250 g/mol. The van der Waals surface area contributed by atoms with E-state index in [0.717, 1.165) is 23.4 Å². The van der Waals surface area contributed by atoms with Crippen LogP contribution in [-0.2, 0) is 0 Å². The van der Waals surface area contributed by atoms with Crippen LogP contribution in [0.1, 0.15) is 19.8 Å². The minimum atomic E-state index is -1.31. The van der Waals surface area contributed by atoms with Gasteiger partial charge in [0.25, 0.3) is 0 Å². The molecule has 0 nitrogen and oxygen atoms in total. The van der Waals surface area contributed by atoms with E-state index in [0.29, 0.717) is 0 Å². The molecule has 0 atom stereocenters. The van der Waals surface area contributed by atoms with Crippen molar-refractivity contribution in [3.05, 3.63) is 34.4 Å². The van der Waals surface area contributed by atoms with Gasteiger partial charge in [0.15, 0.2) is 0 Å². The van der Waals surface area contributed by atoms with Gasteiger partial charge in [-0.15, -0.1) is 5.54 Å². The van der Waals surface area contributed by atoms with Crippen molar-refractivity contribution in [1.29, 1.82) is 0 Å². The largest absolute Gasteiger partial charge is 0.129 e. The molecule has 0 fully saturated rings. The molecule has 0 heterocycles. The van der Waals surface area contributed by atoms with Crippen molar-refractivity contribution in [3.63, 3.8) is 0 Å². The third kappa shape index (κ3) is 5.39. The van der Waals surface area contributed by atoms with Crippen LogP contribution in [0.25, 0.3) is 0 Å². The summed E-state index contributed by atoms with van der Waals surface area (Å²) in [7, 11) is -1.31. The number of rotatable bonds is 0. The van der Waals surface area contributed by atoms with Crippen LogP contribution < -0.4 is 0 Å². The summed E-state index contributed by atoms with van der Waals surface area (Å²) in [6.07, 6.45) is 8.28. The fourth-order valence-electron chi connectivity index (χ4n) is 1.36. The van der Waals surface area contributed by atoms with E-state index in [-0.39, 0.29) is 0 Å². The molecule has 0 N–H and O–H groups in total. The smallest absolute Gasteiger partial charge is 0.127 e. The molecular formula is C14H19ClSi. The first kappa shape index (κ1) is 13.4. The lowest BCUT2D eigenvalue weighted by atomic mass is 10.1. The average Bonchev–Trinajstić information content (AvgIpc) is 2.10. The molecule has 86 valence electrons. The third-order valence-electron chi connectivity index (χ3n) is 2.16. The molecule has 0 aliphatic heterocycles. The molecule has 1 aliphatic carbocycles. The fraction of sp³-hybridized carbons (Fsp3) is 0.429. The van der Waals surface area contributed by atoms with E-state index in [1.807, 2.05) is 6.08 Å². The Balaban J connectivity index is 3.02. The molecule has 16 heavy (non-hydrogen) atoms. The molecule has 0 aromatic carbocycles. The zero-order valence-corrected chi connectivity index (χ0v) is 12.3. The summed E-state index contributed by atoms with van der Waals surface area (Å²) >= 11 is 6.09. The molecule has 0 spiro atoms. The van der Waals surface area contributed by atoms with Gasteiger partial charge < -0.3 is 0 Å². The van der Waals surface area contributed by atoms with Gasteiger partial charge >= 0.3 is 0 Å². The maximum Gasteiger partial charge on any atom is 0.129 e. The molecule has 0 radical (unpaired) electrons. The predicted octanol–water partition coefficient (Wildman–Crippen LogP) is 4.66. The highest BCUT2D eigenvalue weighted by molar-refractivity contribution is 6.83. The quantitative estimate of drug-likeness (QED) is 0.434. The molecular weight excluding hydrogens is 232 g/mol. The number of allylic oxidation sites excluding steroid dienone is 6. The Morgan fingerprint density at radius 1 is 1.25 bits per heavy atom. The Bertz CT molecular complexity index is 408. The maximum atomic E-state index is 6.09. The van der Waals surface area contributed by atoms with Crippen LogP contribution in [0.2, 0.25) is 19.6 Å². The van der Waals surface area contributed by atoms with Gasteiger partial charge in [-0.2, -0.15) is 0 Å². The van der Waals surface area contributed by atoms with Gasteiger partial charge in [-0.3, -0.25) is 0 Å². The van der Waals surface area contributed by atoms with Gasteiger partial charge in [-0.05, 0) is 31.9 Å². The summed E-state index contributed by atoms with van der Waals surface area (Å²) in [5, 5.41) is 0.809. The molecule has 0 unspecified atom stereocenters. The van der Waals surface area contributed by atoms with E-state index >= 15 is 0 Å². The first-order valence-electron chi connectivity index (χ1n) is 5.64. The Kier molecular flexibility index (Phi) is 4.65. The molecule has 0 saturated carbocycles. The standard InChI is InChI=1S/C14H19ClSi/c1-12-6-5-7-14(15)11-13(10-12)8-9-16(2,3)4/h7,10-11H,5-6H2,1-4H3. The Hall–Kier alpha value is -0.713. The zero-order valence-electron chi connectivity index (χ0n) is 10.5.